The molecule has 0 aliphatic rings. The van der Waals surface area contributed by atoms with Crippen LogP contribution in [0.1, 0.15) is 31.1 Å². The Morgan fingerprint density at radius 1 is 0.828 bits per heavy atom. The Labute approximate surface area is 170 Å². The van der Waals surface area contributed by atoms with Crippen LogP contribution in [0.5, 0.6) is 0 Å². The van der Waals surface area contributed by atoms with E-state index in [1.807, 2.05) is 13.8 Å². The fourth-order valence-electron chi connectivity index (χ4n) is 2.56. The number of sulfonamides is 2. The lowest BCUT2D eigenvalue weighted by Gasteiger charge is -2.11. The predicted octanol–water partition coefficient (Wildman–Crippen LogP) is 3.71. The van der Waals surface area contributed by atoms with E-state index < -0.39 is 20.0 Å². The summed E-state index contributed by atoms with van der Waals surface area (Å²) in [6.07, 6.45) is 0. The van der Waals surface area contributed by atoms with Crippen molar-refractivity contribution in [3.8, 4) is 0 Å². The third-order valence-electron chi connectivity index (χ3n) is 4.14. The van der Waals surface area contributed by atoms with Crippen LogP contribution in [-0.4, -0.2) is 22.0 Å². The van der Waals surface area contributed by atoms with E-state index in [-0.39, 0.29) is 21.3 Å². The van der Waals surface area contributed by atoms with Gasteiger partial charge >= 0.3 is 0 Å². The summed E-state index contributed by atoms with van der Waals surface area (Å²) in [6, 6.07) is 13.4. The quantitative estimate of drug-likeness (QED) is 0.584. The Kier molecular flexibility index (Phi) is 5.67. The molecule has 29 heavy (non-hydrogen) atoms. The lowest BCUT2D eigenvalue weighted by Crippen LogP contribution is -2.14. The molecule has 0 fully saturated rings. The molecule has 0 spiro atoms. The molecule has 0 saturated carbocycles. The summed E-state index contributed by atoms with van der Waals surface area (Å²) in [5, 5.41) is 3.59. The van der Waals surface area contributed by atoms with Crippen molar-refractivity contribution in [3.63, 3.8) is 0 Å². The van der Waals surface area contributed by atoms with E-state index in [9.17, 15) is 16.8 Å². The first-order valence-corrected chi connectivity index (χ1v) is 11.7. The zero-order chi connectivity index (χ0) is 21.2. The number of anilines is 2. The van der Waals surface area contributed by atoms with Crippen molar-refractivity contribution in [2.45, 2.75) is 36.5 Å². The molecule has 0 radical (unpaired) electrons. The molecule has 0 atom stereocenters. The molecular formula is C19H21N3O5S2. The summed E-state index contributed by atoms with van der Waals surface area (Å²) in [4.78, 5) is 0.0871. The maximum atomic E-state index is 12.5. The maximum Gasteiger partial charge on any atom is 0.263 e. The average Bonchev–Trinajstić information content (AvgIpc) is 3.06. The van der Waals surface area contributed by atoms with Crippen LogP contribution in [-0.2, 0) is 20.0 Å². The van der Waals surface area contributed by atoms with Crippen molar-refractivity contribution in [1.29, 1.82) is 0 Å². The van der Waals surface area contributed by atoms with Gasteiger partial charge in [-0.05, 0) is 54.8 Å². The normalized spacial score (nSPS) is 12.1. The molecule has 10 heteroatoms. The van der Waals surface area contributed by atoms with E-state index in [0.29, 0.717) is 11.7 Å². The highest BCUT2D eigenvalue weighted by molar-refractivity contribution is 7.93. The standard InChI is InChI=1S/C19H21N3O5S2/c1-13(2)15-4-8-17(9-5-15)28(23,24)21-16-6-10-18(11-7-16)29(25,26)22-19-12-14(3)27-20-19/h4-13,21H,1-3H3,(H,20,22). The number of benzene rings is 2. The lowest BCUT2D eigenvalue weighted by atomic mass is 10.0. The Balaban J connectivity index is 1.75. The van der Waals surface area contributed by atoms with E-state index >= 15 is 0 Å². The number of rotatable bonds is 7. The molecule has 3 rings (SSSR count). The van der Waals surface area contributed by atoms with Gasteiger partial charge in [-0.3, -0.25) is 9.44 Å². The van der Waals surface area contributed by atoms with Gasteiger partial charge < -0.3 is 4.52 Å². The van der Waals surface area contributed by atoms with Crippen LogP contribution in [0.4, 0.5) is 11.5 Å². The number of nitrogens with one attached hydrogen (secondary N) is 2. The number of aromatic nitrogens is 1. The van der Waals surface area contributed by atoms with Gasteiger partial charge in [0.25, 0.3) is 20.0 Å². The van der Waals surface area contributed by atoms with E-state index in [2.05, 4.69) is 14.6 Å². The summed E-state index contributed by atoms with van der Waals surface area (Å²) >= 11 is 0. The molecule has 0 unspecified atom stereocenters. The molecule has 0 amide bonds. The van der Waals surface area contributed by atoms with Gasteiger partial charge in [0.1, 0.15) is 5.76 Å². The van der Waals surface area contributed by atoms with Crippen LogP contribution in [0.3, 0.4) is 0 Å². The van der Waals surface area contributed by atoms with Crippen LogP contribution >= 0.6 is 0 Å². The highest BCUT2D eigenvalue weighted by atomic mass is 32.2. The van der Waals surface area contributed by atoms with Crippen molar-refractivity contribution in [1.82, 2.24) is 5.16 Å². The van der Waals surface area contributed by atoms with Gasteiger partial charge in [0.05, 0.1) is 9.79 Å². The first kappa shape index (κ1) is 20.9. The first-order valence-electron chi connectivity index (χ1n) is 8.76. The van der Waals surface area contributed by atoms with Gasteiger partial charge in [0.15, 0.2) is 5.82 Å². The predicted molar refractivity (Wildman–Crippen MR) is 110 cm³/mol. The molecular weight excluding hydrogens is 414 g/mol. The second kappa shape index (κ2) is 7.88. The zero-order valence-corrected chi connectivity index (χ0v) is 17.7. The molecule has 1 heterocycles. The lowest BCUT2D eigenvalue weighted by molar-refractivity contribution is 0.400. The summed E-state index contributed by atoms with van der Waals surface area (Å²) in [5.74, 6) is 0.829. The molecule has 154 valence electrons. The smallest absolute Gasteiger partial charge is 0.263 e. The monoisotopic (exact) mass is 435 g/mol. The van der Waals surface area contributed by atoms with Crippen LogP contribution in [0.25, 0.3) is 0 Å². The molecule has 0 aliphatic carbocycles. The Morgan fingerprint density at radius 2 is 1.34 bits per heavy atom. The fraction of sp³-hybridized carbons (Fsp3) is 0.211. The van der Waals surface area contributed by atoms with Crippen molar-refractivity contribution in [2.24, 2.45) is 0 Å². The van der Waals surface area contributed by atoms with Gasteiger partial charge in [-0.15, -0.1) is 0 Å². The second-order valence-electron chi connectivity index (χ2n) is 6.78. The summed E-state index contributed by atoms with van der Waals surface area (Å²) in [5.41, 5.74) is 1.28. The molecule has 3 aromatic rings. The summed E-state index contributed by atoms with van der Waals surface area (Å²) in [6.45, 7) is 5.69. The molecule has 0 aliphatic heterocycles. The Hall–Kier alpha value is -2.85. The Bertz CT molecular complexity index is 1200. The molecule has 2 N–H and O–H groups in total. The van der Waals surface area contributed by atoms with Crippen molar-refractivity contribution < 1.29 is 21.4 Å². The molecule has 1 aromatic heterocycles. The van der Waals surface area contributed by atoms with Gasteiger partial charge in [0, 0.05) is 11.8 Å². The van der Waals surface area contributed by atoms with E-state index in [1.54, 1.807) is 31.2 Å². The van der Waals surface area contributed by atoms with E-state index in [0.717, 1.165) is 5.56 Å². The number of hydrogen-bond acceptors (Lipinski definition) is 6. The van der Waals surface area contributed by atoms with Crippen LogP contribution < -0.4 is 9.44 Å². The SMILES string of the molecule is Cc1cc(NS(=O)(=O)c2ccc(NS(=O)(=O)c3ccc(C(C)C)cc3)cc2)no1. The van der Waals surface area contributed by atoms with E-state index in [1.165, 1.54) is 30.3 Å². The second-order valence-corrected chi connectivity index (χ2v) is 10.1. The minimum Gasteiger partial charge on any atom is -0.360 e. The number of hydrogen-bond donors (Lipinski definition) is 2. The summed E-state index contributed by atoms with van der Waals surface area (Å²) < 4.78 is 59.4. The van der Waals surface area contributed by atoms with Crippen molar-refractivity contribution >= 4 is 31.6 Å². The molecule has 0 saturated heterocycles. The molecule has 0 bridgehead atoms. The highest BCUT2D eigenvalue weighted by Crippen LogP contribution is 2.22. The van der Waals surface area contributed by atoms with Gasteiger partial charge in [-0.2, -0.15) is 0 Å². The third-order valence-corrected chi connectivity index (χ3v) is 6.91. The van der Waals surface area contributed by atoms with Crippen molar-refractivity contribution in [2.75, 3.05) is 9.44 Å². The van der Waals surface area contributed by atoms with Crippen LogP contribution in [0.15, 0.2) is 68.9 Å². The minimum atomic E-state index is -3.88. The molecule has 8 nitrogen and oxygen atoms in total. The highest BCUT2D eigenvalue weighted by Gasteiger charge is 2.18. The van der Waals surface area contributed by atoms with Crippen LogP contribution in [0.2, 0.25) is 0 Å². The largest absolute Gasteiger partial charge is 0.360 e. The number of aryl methyl sites for hydroxylation is 1. The average molecular weight is 436 g/mol. The van der Waals surface area contributed by atoms with Gasteiger partial charge in [-0.1, -0.05) is 31.1 Å². The summed E-state index contributed by atoms with van der Waals surface area (Å²) in [7, 11) is -7.66. The van der Waals surface area contributed by atoms with E-state index in [4.69, 9.17) is 4.52 Å². The third kappa shape index (κ3) is 4.96. The minimum absolute atomic E-state index is 0.0395. The van der Waals surface area contributed by atoms with Crippen LogP contribution in [0, 0.1) is 6.92 Å². The zero-order valence-electron chi connectivity index (χ0n) is 16.1. The topological polar surface area (TPSA) is 118 Å². The van der Waals surface area contributed by atoms with Gasteiger partial charge in [-0.25, -0.2) is 16.8 Å². The fourth-order valence-corrected chi connectivity index (χ4v) is 4.60. The maximum absolute atomic E-state index is 12.5. The number of nitrogens with zero attached hydrogens (tertiary/aromatic N) is 1. The van der Waals surface area contributed by atoms with Gasteiger partial charge in [0.2, 0.25) is 0 Å². The molecule has 2 aromatic carbocycles. The first-order chi connectivity index (χ1) is 13.6. The Morgan fingerprint density at radius 3 is 1.83 bits per heavy atom. The van der Waals surface area contributed by atoms with Crippen molar-refractivity contribution in [3.05, 3.63) is 65.9 Å².